The Labute approximate surface area is 106 Å². The summed E-state index contributed by atoms with van der Waals surface area (Å²) in [7, 11) is 0. The van der Waals surface area contributed by atoms with Gasteiger partial charge in [-0.25, -0.2) is 0 Å². The number of hydrogen-bond donors (Lipinski definition) is 1. The number of aliphatic hydroxyl groups is 1. The fourth-order valence-electron chi connectivity index (χ4n) is 3.03. The molecule has 1 aliphatic carbocycles. The minimum atomic E-state index is -0.480. The summed E-state index contributed by atoms with van der Waals surface area (Å²) in [6.07, 6.45) is 5.30. The second-order valence-electron chi connectivity index (χ2n) is 6.45. The van der Waals surface area contributed by atoms with E-state index < -0.39 is 11.5 Å². The average molecular weight is 237 g/mol. The van der Waals surface area contributed by atoms with Crippen LogP contribution in [-0.4, -0.2) is 11.2 Å². The van der Waals surface area contributed by atoms with Crippen LogP contribution >= 0.6 is 0 Å². The molecule has 0 aromatic heterocycles. The molecule has 1 atom stereocenters. The van der Waals surface area contributed by atoms with E-state index in [-0.39, 0.29) is 5.92 Å². The largest absolute Gasteiger partial charge is 0.391 e. The van der Waals surface area contributed by atoms with Gasteiger partial charge in [-0.15, -0.1) is 0 Å². The molecule has 0 radical (unpaired) electrons. The van der Waals surface area contributed by atoms with Crippen molar-refractivity contribution in [1.29, 1.82) is 5.26 Å². The van der Waals surface area contributed by atoms with E-state index in [9.17, 15) is 10.4 Å². The first-order valence-corrected chi connectivity index (χ1v) is 7.00. The second-order valence-corrected chi connectivity index (χ2v) is 6.45. The third kappa shape index (κ3) is 3.01. The lowest BCUT2D eigenvalue weighted by molar-refractivity contribution is -0.0278. The molecule has 1 aliphatic rings. The number of hydrogen-bond acceptors (Lipinski definition) is 2. The predicted molar refractivity (Wildman–Crippen MR) is 70.4 cm³/mol. The van der Waals surface area contributed by atoms with Gasteiger partial charge in [-0.2, -0.15) is 5.26 Å². The van der Waals surface area contributed by atoms with Crippen LogP contribution in [0.25, 0.3) is 0 Å². The van der Waals surface area contributed by atoms with Gasteiger partial charge in [0, 0.05) is 0 Å². The standard InChI is InChI=1S/C15H27NO/c1-5-12(6-2)13(17)15(11-16)9-7-14(3,4)8-10-15/h12-13,17H,5-10H2,1-4H3. The van der Waals surface area contributed by atoms with Crippen LogP contribution < -0.4 is 0 Å². The number of nitriles is 1. The fraction of sp³-hybridized carbons (Fsp3) is 0.933. The van der Waals surface area contributed by atoms with Crippen LogP contribution in [0.1, 0.15) is 66.2 Å². The molecule has 98 valence electrons. The Morgan fingerprint density at radius 3 is 1.94 bits per heavy atom. The van der Waals surface area contributed by atoms with Gasteiger partial charge in [0.1, 0.15) is 0 Å². The zero-order valence-corrected chi connectivity index (χ0v) is 11.8. The van der Waals surface area contributed by atoms with Crippen molar-refractivity contribution in [2.45, 2.75) is 72.3 Å². The average Bonchev–Trinajstić information content (AvgIpc) is 2.31. The van der Waals surface area contributed by atoms with Crippen molar-refractivity contribution >= 4 is 0 Å². The molecular weight excluding hydrogens is 210 g/mol. The molecule has 0 amide bonds. The highest BCUT2D eigenvalue weighted by molar-refractivity contribution is 5.08. The lowest BCUT2D eigenvalue weighted by Crippen LogP contribution is -2.43. The van der Waals surface area contributed by atoms with Gasteiger partial charge in [-0.1, -0.05) is 40.5 Å². The smallest absolute Gasteiger partial charge is 0.0835 e. The van der Waals surface area contributed by atoms with Crippen molar-refractivity contribution in [3.63, 3.8) is 0 Å². The minimum absolute atomic E-state index is 0.274. The summed E-state index contributed by atoms with van der Waals surface area (Å²) in [5.74, 6) is 0.274. The van der Waals surface area contributed by atoms with Crippen molar-refractivity contribution in [3.8, 4) is 6.07 Å². The monoisotopic (exact) mass is 237 g/mol. The minimum Gasteiger partial charge on any atom is -0.391 e. The van der Waals surface area contributed by atoms with Gasteiger partial charge in [0.2, 0.25) is 0 Å². The van der Waals surface area contributed by atoms with Crippen LogP contribution in [0.15, 0.2) is 0 Å². The Morgan fingerprint density at radius 1 is 1.12 bits per heavy atom. The Balaban J connectivity index is 2.81. The third-order valence-corrected chi connectivity index (χ3v) is 4.78. The van der Waals surface area contributed by atoms with Crippen LogP contribution in [0, 0.1) is 28.1 Å². The molecule has 0 spiro atoms. The highest BCUT2D eigenvalue weighted by atomic mass is 16.3. The summed E-state index contributed by atoms with van der Waals surface area (Å²) in [6, 6.07) is 2.45. The molecule has 1 unspecified atom stereocenters. The van der Waals surface area contributed by atoms with E-state index in [1.165, 1.54) is 0 Å². The summed E-state index contributed by atoms with van der Waals surface area (Å²) in [6.45, 7) is 8.74. The molecule has 0 bridgehead atoms. The normalized spacial score (nSPS) is 24.3. The number of aliphatic hydroxyl groups excluding tert-OH is 1. The molecule has 1 rings (SSSR count). The Bertz CT molecular complexity index is 276. The molecule has 1 N–H and O–H groups in total. The molecule has 2 nitrogen and oxygen atoms in total. The summed E-state index contributed by atoms with van der Waals surface area (Å²) in [4.78, 5) is 0. The van der Waals surface area contributed by atoms with Gasteiger partial charge in [-0.05, 0) is 37.0 Å². The Hall–Kier alpha value is -0.550. The molecular formula is C15H27NO. The maximum absolute atomic E-state index is 10.5. The van der Waals surface area contributed by atoms with Gasteiger partial charge < -0.3 is 5.11 Å². The third-order valence-electron chi connectivity index (χ3n) is 4.78. The summed E-state index contributed by atoms with van der Waals surface area (Å²) >= 11 is 0. The van der Waals surface area contributed by atoms with Gasteiger partial charge in [-0.3, -0.25) is 0 Å². The van der Waals surface area contributed by atoms with Gasteiger partial charge in [0.15, 0.2) is 0 Å². The van der Waals surface area contributed by atoms with Crippen molar-refractivity contribution in [1.82, 2.24) is 0 Å². The molecule has 2 heteroatoms. The van der Waals surface area contributed by atoms with Gasteiger partial charge >= 0.3 is 0 Å². The first kappa shape index (κ1) is 14.5. The molecule has 1 saturated carbocycles. The number of rotatable bonds is 4. The second kappa shape index (κ2) is 5.40. The summed E-state index contributed by atoms with van der Waals surface area (Å²) in [5, 5.41) is 20.0. The molecule has 0 aliphatic heterocycles. The van der Waals surface area contributed by atoms with Gasteiger partial charge in [0.05, 0.1) is 17.6 Å². The van der Waals surface area contributed by atoms with Crippen LogP contribution in [-0.2, 0) is 0 Å². The van der Waals surface area contributed by atoms with Gasteiger partial charge in [0.25, 0.3) is 0 Å². The zero-order chi connectivity index (χ0) is 13.1. The van der Waals surface area contributed by atoms with E-state index in [0.717, 1.165) is 38.5 Å². The fourth-order valence-corrected chi connectivity index (χ4v) is 3.03. The van der Waals surface area contributed by atoms with E-state index in [4.69, 9.17) is 0 Å². The molecule has 0 aromatic rings. The highest BCUT2D eigenvalue weighted by Crippen LogP contribution is 2.48. The molecule has 0 heterocycles. The summed E-state index contributed by atoms with van der Waals surface area (Å²) in [5.41, 5.74) is -0.139. The van der Waals surface area contributed by atoms with E-state index in [0.29, 0.717) is 5.41 Å². The Kier molecular flexibility index (Phi) is 4.61. The zero-order valence-electron chi connectivity index (χ0n) is 11.8. The summed E-state index contributed by atoms with van der Waals surface area (Å²) < 4.78 is 0. The maximum atomic E-state index is 10.5. The maximum Gasteiger partial charge on any atom is 0.0835 e. The molecule has 0 aromatic carbocycles. The van der Waals surface area contributed by atoms with Crippen molar-refractivity contribution in [2.75, 3.05) is 0 Å². The first-order chi connectivity index (χ1) is 7.90. The van der Waals surface area contributed by atoms with E-state index in [1.54, 1.807) is 0 Å². The van der Waals surface area contributed by atoms with E-state index in [1.807, 2.05) is 0 Å². The van der Waals surface area contributed by atoms with E-state index in [2.05, 4.69) is 33.8 Å². The Morgan fingerprint density at radius 2 is 1.59 bits per heavy atom. The van der Waals surface area contributed by atoms with Crippen molar-refractivity contribution in [3.05, 3.63) is 0 Å². The van der Waals surface area contributed by atoms with Crippen molar-refractivity contribution < 1.29 is 5.11 Å². The van der Waals surface area contributed by atoms with Crippen LogP contribution in [0.2, 0.25) is 0 Å². The lowest BCUT2D eigenvalue weighted by atomic mass is 9.61. The van der Waals surface area contributed by atoms with Crippen LogP contribution in [0.5, 0.6) is 0 Å². The first-order valence-electron chi connectivity index (χ1n) is 7.00. The highest BCUT2D eigenvalue weighted by Gasteiger charge is 2.45. The van der Waals surface area contributed by atoms with Crippen LogP contribution in [0.4, 0.5) is 0 Å². The van der Waals surface area contributed by atoms with E-state index >= 15 is 0 Å². The quantitative estimate of drug-likeness (QED) is 0.806. The SMILES string of the molecule is CCC(CC)C(O)C1(C#N)CCC(C)(C)CC1. The lowest BCUT2D eigenvalue weighted by Gasteiger charge is -2.43. The predicted octanol–water partition coefficient (Wildman–Crippen LogP) is 3.89. The van der Waals surface area contributed by atoms with Crippen LogP contribution in [0.3, 0.4) is 0 Å². The molecule has 0 saturated heterocycles. The number of nitrogens with zero attached hydrogens (tertiary/aromatic N) is 1. The van der Waals surface area contributed by atoms with Crippen molar-refractivity contribution in [2.24, 2.45) is 16.7 Å². The molecule has 17 heavy (non-hydrogen) atoms. The molecule has 1 fully saturated rings. The topological polar surface area (TPSA) is 44.0 Å².